The first-order chi connectivity index (χ1) is 13.7. The van der Waals surface area contributed by atoms with Crippen molar-refractivity contribution in [3.05, 3.63) is 84.4 Å². The highest BCUT2D eigenvalue weighted by Crippen LogP contribution is 2.22. The van der Waals surface area contributed by atoms with E-state index in [2.05, 4.69) is 25.6 Å². The van der Waals surface area contributed by atoms with E-state index in [9.17, 15) is 4.79 Å². The van der Waals surface area contributed by atoms with Crippen molar-refractivity contribution >= 4 is 34.0 Å². The van der Waals surface area contributed by atoms with Gasteiger partial charge in [-0.3, -0.25) is 9.78 Å². The summed E-state index contributed by atoms with van der Waals surface area (Å²) in [6.07, 6.45) is 6.39. The molecule has 28 heavy (non-hydrogen) atoms. The summed E-state index contributed by atoms with van der Waals surface area (Å²) in [4.78, 5) is 25.2. The number of hydrogen-bond acceptors (Lipinski definition) is 6. The van der Waals surface area contributed by atoms with Gasteiger partial charge in [0, 0.05) is 34.9 Å². The number of aromatic nitrogens is 3. The van der Waals surface area contributed by atoms with Crippen LogP contribution >= 0.6 is 0 Å². The number of anilines is 3. The Labute approximate surface area is 160 Å². The second-order valence-corrected chi connectivity index (χ2v) is 5.96. The van der Waals surface area contributed by atoms with Gasteiger partial charge in [-0.05, 0) is 24.3 Å². The van der Waals surface area contributed by atoms with Gasteiger partial charge >= 0.3 is 0 Å². The number of carbonyl (C=O) groups excluding carboxylic acids is 1. The van der Waals surface area contributed by atoms with Crippen LogP contribution in [0.15, 0.2) is 73.3 Å². The summed E-state index contributed by atoms with van der Waals surface area (Å²) in [5, 5.41) is 16.6. The normalized spacial score (nSPS) is 10.2. The van der Waals surface area contributed by atoms with Gasteiger partial charge in [0.1, 0.15) is 17.7 Å². The molecule has 0 saturated carbocycles. The minimum Gasteiger partial charge on any atom is -0.325 e. The Balaban J connectivity index is 1.55. The molecule has 0 saturated heterocycles. The van der Waals surface area contributed by atoms with E-state index in [0.717, 1.165) is 10.8 Å². The average molecular weight is 366 g/mol. The van der Waals surface area contributed by atoms with Crippen LogP contribution in [-0.4, -0.2) is 20.9 Å². The zero-order valence-electron chi connectivity index (χ0n) is 14.6. The van der Waals surface area contributed by atoms with E-state index in [-0.39, 0.29) is 5.91 Å². The van der Waals surface area contributed by atoms with Gasteiger partial charge in [-0.2, -0.15) is 5.26 Å². The summed E-state index contributed by atoms with van der Waals surface area (Å²) in [5.41, 5.74) is 1.55. The van der Waals surface area contributed by atoms with Gasteiger partial charge in [0.05, 0.1) is 17.4 Å². The maximum atomic E-state index is 12.7. The number of hydrogen-bond donors (Lipinski definition) is 2. The lowest BCUT2D eigenvalue weighted by molar-refractivity contribution is 0.102. The van der Waals surface area contributed by atoms with Crippen LogP contribution < -0.4 is 10.6 Å². The number of carbonyl (C=O) groups is 1. The lowest BCUT2D eigenvalue weighted by atomic mass is 10.1. The molecule has 4 aromatic rings. The van der Waals surface area contributed by atoms with Crippen molar-refractivity contribution in [1.29, 1.82) is 5.26 Å². The fourth-order valence-electron chi connectivity index (χ4n) is 2.72. The summed E-state index contributed by atoms with van der Waals surface area (Å²) in [5.74, 6) is 0.736. The van der Waals surface area contributed by atoms with Crippen LogP contribution in [0.25, 0.3) is 10.8 Å². The van der Waals surface area contributed by atoms with Gasteiger partial charge in [0.15, 0.2) is 0 Å². The zero-order chi connectivity index (χ0) is 19.3. The number of fused-ring (bicyclic) bond motifs is 1. The van der Waals surface area contributed by atoms with Crippen LogP contribution in [0.4, 0.5) is 17.3 Å². The first-order valence-corrected chi connectivity index (χ1v) is 8.46. The Morgan fingerprint density at radius 2 is 1.86 bits per heavy atom. The lowest BCUT2D eigenvalue weighted by Crippen LogP contribution is -2.13. The zero-order valence-corrected chi connectivity index (χ0v) is 14.6. The average Bonchev–Trinajstić information content (AvgIpc) is 2.75. The molecule has 134 valence electrons. The molecule has 4 rings (SSSR count). The van der Waals surface area contributed by atoms with Crippen molar-refractivity contribution in [1.82, 2.24) is 15.0 Å². The smallest absolute Gasteiger partial charge is 0.255 e. The van der Waals surface area contributed by atoms with Crippen molar-refractivity contribution in [2.75, 3.05) is 10.6 Å². The van der Waals surface area contributed by atoms with E-state index < -0.39 is 0 Å². The van der Waals surface area contributed by atoms with Gasteiger partial charge in [-0.15, -0.1) is 0 Å². The summed E-state index contributed by atoms with van der Waals surface area (Å²) in [6, 6.07) is 16.3. The number of nitriles is 1. The lowest BCUT2D eigenvalue weighted by Gasteiger charge is -2.09. The Kier molecular flexibility index (Phi) is 4.59. The monoisotopic (exact) mass is 366 g/mol. The number of nitrogens with one attached hydrogen (secondary N) is 2. The van der Waals surface area contributed by atoms with Crippen molar-refractivity contribution in [3.63, 3.8) is 0 Å². The van der Waals surface area contributed by atoms with Gasteiger partial charge in [-0.1, -0.05) is 24.3 Å². The third-order valence-corrected chi connectivity index (χ3v) is 4.09. The number of pyridine rings is 3. The molecule has 0 atom stereocenters. The second kappa shape index (κ2) is 7.51. The standard InChI is InChI=1S/C21H14N6O/c22-10-14-5-6-19(25-11-14)27-20-9-15(7-8-24-20)21(28)26-18-13-23-12-16-3-1-2-4-17(16)18/h1-9,11-13H,(H,26,28)(H,24,25,27). The van der Waals surface area contributed by atoms with Crippen LogP contribution in [0.1, 0.15) is 15.9 Å². The summed E-state index contributed by atoms with van der Waals surface area (Å²) >= 11 is 0. The number of nitrogens with zero attached hydrogens (tertiary/aromatic N) is 4. The van der Waals surface area contributed by atoms with E-state index in [4.69, 9.17) is 5.26 Å². The van der Waals surface area contributed by atoms with E-state index in [0.29, 0.717) is 28.5 Å². The number of rotatable bonds is 4. The molecule has 0 unspecified atom stereocenters. The van der Waals surface area contributed by atoms with Crippen molar-refractivity contribution in [2.45, 2.75) is 0 Å². The van der Waals surface area contributed by atoms with E-state index in [1.807, 2.05) is 30.3 Å². The first kappa shape index (κ1) is 17.1. The van der Waals surface area contributed by atoms with Crippen LogP contribution in [0.2, 0.25) is 0 Å². The van der Waals surface area contributed by atoms with Crippen molar-refractivity contribution < 1.29 is 4.79 Å². The maximum Gasteiger partial charge on any atom is 0.255 e. The molecule has 0 spiro atoms. The van der Waals surface area contributed by atoms with E-state index in [1.54, 1.807) is 42.9 Å². The predicted octanol–water partition coefficient (Wildman–Crippen LogP) is 3.89. The fourth-order valence-corrected chi connectivity index (χ4v) is 2.72. The molecule has 0 radical (unpaired) electrons. The molecule has 7 heteroatoms. The van der Waals surface area contributed by atoms with Crippen LogP contribution in [0.3, 0.4) is 0 Å². The van der Waals surface area contributed by atoms with Gasteiger partial charge < -0.3 is 10.6 Å². The first-order valence-electron chi connectivity index (χ1n) is 8.46. The van der Waals surface area contributed by atoms with Crippen LogP contribution in [0, 0.1) is 11.3 Å². The maximum absolute atomic E-state index is 12.7. The molecule has 2 N–H and O–H groups in total. The van der Waals surface area contributed by atoms with Gasteiger partial charge in [-0.25, -0.2) is 9.97 Å². The molecule has 1 aromatic carbocycles. The molecule has 1 amide bonds. The molecule has 0 fully saturated rings. The third kappa shape index (κ3) is 3.61. The predicted molar refractivity (Wildman–Crippen MR) is 106 cm³/mol. The van der Waals surface area contributed by atoms with Crippen molar-refractivity contribution in [3.8, 4) is 6.07 Å². The molecule has 0 aliphatic heterocycles. The number of amides is 1. The highest BCUT2D eigenvalue weighted by atomic mass is 16.1. The minimum atomic E-state index is -0.267. The Hall–Kier alpha value is -4.31. The SMILES string of the molecule is N#Cc1ccc(Nc2cc(C(=O)Nc3cncc4ccccc34)ccn2)nc1. The molecule has 0 bridgehead atoms. The summed E-state index contributed by atoms with van der Waals surface area (Å²) < 4.78 is 0. The second-order valence-electron chi connectivity index (χ2n) is 5.96. The Morgan fingerprint density at radius 3 is 2.68 bits per heavy atom. The largest absolute Gasteiger partial charge is 0.325 e. The Morgan fingerprint density at radius 1 is 0.964 bits per heavy atom. The quantitative estimate of drug-likeness (QED) is 0.568. The van der Waals surface area contributed by atoms with Crippen LogP contribution in [-0.2, 0) is 0 Å². The number of benzene rings is 1. The molecule has 3 aromatic heterocycles. The highest BCUT2D eigenvalue weighted by Gasteiger charge is 2.10. The fraction of sp³-hybridized carbons (Fsp3) is 0. The minimum absolute atomic E-state index is 0.267. The molecule has 3 heterocycles. The summed E-state index contributed by atoms with van der Waals surface area (Å²) in [6.45, 7) is 0. The van der Waals surface area contributed by atoms with Gasteiger partial charge in [0.2, 0.25) is 0 Å². The van der Waals surface area contributed by atoms with Gasteiger partial charge in [0.25, 0.3) is 5.91 Å². The molecular weight excluding hydrogens is 352 g/mol. The third-order valence-electron chi connectivity index (χ3n) is 4.09. The molecule has 7 nitrogen and oxygen atoms in total. The van der Waals surface area contributed by atoms with E-state index in [1.165, 1.54) is 6.20 Å². The van der Waals surface area contributed by atoms with Crippen molar-refractivity contribution in [2.24, 2.45) is 0 Å². The van der Waals surface area contributed by atoms with Crippen LogP contribution in [0.5, 0.6) is 0 Å². The molecule has 0 aliphatic carbocycles. The Bertz CT molecular complexity index is 1190. The summed E-state index contributed by atoms with van der Waals surface area (Å²) in [7, 11) is 0. The van der Waals surface area contributed by atoms with E-state index >= 15 is 0 Å². The molecular formula is C21H14N6O. The molecule has 0 aliphatic rings. The topological polar surface area (TPSA) is 104 Å². The highest BCUT2D eigenvalue weighted by molar-refractivity contribution is 6.09.